The molecule has 0 radical (unpaired) electrons. The Kier molecular flexibility index (Phi) is 17.7. The molecule has 496 valence electrons. The molecule has 4 aromatic rings. The molecule has 5 amide bonds. The fourth-order valence-corrected chi connectivity index (χ4v) is 19.6. The number of nitrogens with one attached hydrogen (secondary N) is 2. The fraction of sp³-hybridized carbons (Fsp3) is 0.551. The van der Waals surface area contributed by atoms with Crippen LogP contribution in [-0.2, 0) is 51.1 Å². The van der Waals surface area contributed by atoms with Crippen LogP contribution in [0, 0.1) is 57.2 Å². The Morgan fingerprint density at radius 2 is 1.06 bits per heavy atom. The normalized spacial score (nSPS) is 32.4. The van der Waals surface area contributed by atoms with Gasteiger partial charge < -0.3 is 51.8 Å². The van der Waals surface area contributed by atoms with Crippen molar-refractivity contribution in [3.05, 3.63) is 106 Å². The lowest BCUT2D eigenvalue weighted by atomic mass is 9.45. The van der Waals surface area contributed by atoms with Gasteiger partial charge in [-0.15, -0.1) is 0 Å². The zero-order valence-electron chi connectivity index (χ0n) is 54.0. The Morgan fingerprint density at radius 3 is 1.47 bits per heavy atom. The molecule has 0 bridgehead atoms. The third-order valence-electron chi connectivity index (χ3n) is 23.0. The third-order valence-corrected chi connectivity index (χ3v) is 24.1. The zero-order valence-corrected chi connectivity index (χ0v) is 54.8. The predicted octanol–water partition coefficient (Wildman–Crippen LogP) is 6.89. The summed E-state index contributed by atoms with van der Waals surface area (Å²) in [4.78, 5) is 114. The van der Waals surface area contributed by atoms with Crippen molar-refractivity contribution in [3.8, 4) is 11.4 Å². The summed E-state index contributed by atoms with van der Waals surface area (Å²) in [5, 5.41) is 48.0. The van der Waals surface area contributed by atoms with E-state index in [0.717, 1.165) is 48.2 Å². The van der Waals surface area contributed by atoms with E-state index in [-0.39, 0.29) is 91.5 Å². The van der Waals surface area contributed by atoms with E-state index in [1.54, 1.807) is 64.3 Å². The van der Waals surface area contributed by atoms with Gasteiger partial charge in [0.2, 0.25) is 22.5 Å². The SMILES string of the molecule is CCC(=O)O[C@]1(C(=O)O)CC[C@H]2[C@@H]3CCC4=Cc5c(cnn5-c5cccc(C(=O)NCC(N)=O)c5)C[C@]4(C)[C@H]3[C@@H](O)C[C@@]21C.CCC(=O)O[C@]1(C(=O)SC(=O)N(C)C)CC[C@H]2[C@@H]3CCC4=Cc5c(cnn5-c5cccc(C(=O)NCC(N)=O)c5)C[C@]4(C)[C@H]3[C@@H](O)C[C@@]21C. The van der Waals surface area contributed by atoms with Gasteiger partial charge in [0.1, 0.15) is 0 Å². The Bertz CT molecular complexity index is 3820. The largest absolute Gasteiger partial charge is 0.478 e. The molecule has 0 saturated heterocycles. The summed E-state index contributed by atoms with van der Waals surface area (Å²) in [6, 6.07) is 14.0. The first kappa shape index (κ1) is 66.5. The standard InChI is InChI=1S/C36H45N5O7S.C33H40N4O7/c1-6-29(44)48-36(32(46)49-33(47)40(4)5)13-12-25-24-11-10-22-15-26-21(16-34(22,2)30(24)27(42)17-35(25,36)3)18-39-41(26)23-9-7-8-20(14-23)31(45)38-19-28(37)43;1-4-27(40)44-33(30(42)43)11-10-23-22-9-8-20-13-24-19(14-31(20,2)28(22)25(38)15-32(23,33)3)16-36-37(24)21-7-5-6-18(12-21)29(41)35-17-26(34)39/h7-9,14-15,18,24-25,27,30,42H,6,10-13,16-17,19H2,1-5H3,(H2,37,43)(H,38,45);5-7,12-13,16,22-23,25,28,38H,4,8-11,14-15,17H2,1-3H3,(H2,34,39)(H,35,41)(H,42,43)/t24-,25-,27-,30+,34-,35-,36-;22-,23-,25-,28+,31-,32-,33-/m00/s1. The number of aliphatic carboxylic acids is 1. The van der Waals surface area contributed by atoms with Crippen LogP contribution < -0.4 is 22.1 Å². The zero-order chi connectivity index (χ0) is 67.1. The van der Waals surface area contributed by atoms with E-state index >= 15 is 0 Å². The van der Waals surface area contributed by atoms with E-state index in [1.165, 1.54) is 16.0 Å². The number of carboxylic acid groups (broad SMARTS) is 1. The molecule has 0 aliphatic heterocycles. The first-order chi connectivity index (χ1) is 44.0. The lowest BCUT2D eigenvalue weighted by molar-refractivity contribution is -0.210. The highest BCUT2D eigenvalue weighted by molar-refractivity contribution is 8.26. The average Bonchev–Trinajstić information content (AvgIpc) is 1.65. The number of aliphatic hydroxyl groups is 2. The van der Waals surface area contributed by atoms with Crippen LogP contribution in [0.5, 0.6) is 0 Å². The summed E-state index contributed by atoms with van der Waals surface area (Å²) in [6.07, 6.45) is 13.6. The molecule has 0 unspecified atom stereocenters. The van der Waals surface area contributed by atoms with Gasteiger partial charge in [-0.25, -0.2) is 14.2 Å². The van der Waals surface area contributed by atoms with E-state index in [2.05, 4.69) is 41.7 Å². The minimum atomic E-state index is -1.64. The van der Waals surface area contributed by atoms with Crippen molar-refractivity contribution in [1.29, 1.82) is 0 Å². The molecule has 8 aliphatic rings. The summed E-state index contributed by atoms with van der Waals surface area (Å²) in [5.74, 6) is -4.21. The van der Waals surface area contributed by atoms with Crippen LogP contribution in [0.25, 0.3) is 23.5 Å². The Balaban J connectivity index is 0.000000191. The van der Waals surface area contributed by atoms with Crippen LogP contribution in [0.3, 0.4) is 0 Å². The Labute approximate surface area is 544 Å². The molecule has 6 fully saturated rings. The molecule has 0 spiro atoms. The van der Waals surface area contributed by atoms with E-state index in [9.17, 15) is 58.5 Å². The molecule has 24 heteroatoms. The van der Waals surface area contributed by atoms with Crippen molar-refractivity contribution in [2.45, 2.75) is 155 Å². The van der Waals surface area contributed by atoms with Crippen molar-refractivity contribution in [2.75, 3.05) is 27.2 Å². The van der Waals surface area contributed by atoms with E-state index in [0.29, 0.717) is 66.4 Å². The van der Waals surface area contributed by atoms with Crippen molar-refractivity contribution in [1.82, 2.24) is 35.1 Å². The molecule has 12 rings (SSSR count). The molecule has 2 aromatic heterocycles. The van der Waals surface area contributed by atoms with Gasteiger partial charge in [0.15, 0.2) is 5.60 Å². The minimum absolute atomic E-state index is 0.00241. The molecule has 8 aliphatic carbocycles. The molecule has 2 aromatic carbocycles. The van der Waals surface area contributed by atoms with Crippen molar-refractivity contribution in [2.24, 2.45) is 68.6 Å². The van der Waals surface area contributed by atoms with Gasteiger partial charge in [0, 0.05) is 60.7 Å². The van der Waals surface area contributed by atoms with Gasteiger partial charge in [-0.3, -0.25) is 38.4 Å². The number of nitrogens with two attached hydrogens (primary N) is 2. The number of carbonyl (C=O) groups is 9. The highest BCUT2D eigenvalue weighted by Gasteiger charge is 2.73. The number of carbonyl (C=O) groups excluding carboxylic acids is 8. The molecular weight excluding hydrogens is 1210 g/mol. The maximum atomic E-state index is 14.0. The number of ether oxygens (including phenoxy) is 2. The number of amides is 5. The Morgan fingerprint density at radius 1 is 0.645 bits per heavy atom. The number of aliphatic hydroxyl groups excluding tert-OH is 2. The summed E-state index contributed by atoms with van der Waals surface area (Å²) in [5.41, 5.74) is 13.3. The van der Waals surface area contributed by atoms with Gasteiger partial charge in [-0.05, 0) is 183 Å². The van der Waals surface area contributed by atoms with E-state index in [1.807, 2.05) is 47.7 Å². The van der Waals surface area contributed by atoms with Crippen LogP contribution in [0.15, 0.2) is 72.1 Å². The smallest absolute Gasteiger partial charge is 0.348 e. The van der Waals surface area contributed by atoms with E-state index in [4.69, 9.17) is 26.0 Å². The lowest BCUT2D eigenvalue weighted by Crippen LogP contribution is -2.63. The minimum Gasteiger partial charge on any atom is -0.478 e. The number of allylic oxidation sites excluding steroid dienone is 2. The van der Waals surface area contributed by atoms with Crippen molar-refractivity contribution >= 4 is 75.8 Å². The monoisotopic (exact) mass is 1300 g/mol. The van der Waals surface area contributed by atoms with Crippen LogP contribution in [0.2, 0.25) is 0 Å². The number of benzene rings is 2. The number of aromatic nitrogens is 4. The van der Waals surface area contributed by atoms with Gasteiger partial charge >= 0.3 is 17.9 Å². The molecule has 93 heavy (non-hydrogen) atoms. The number of fused-ring (bicyclic) bond motifs is 12. The van der Waals surface area contributed by atoms with Crippen LogP contribution in [0.1, 0.15) is 162 Å². The molecular formula is C69H85N9O14S. The summed E-state index contributed by atoms with van der Waals surface area (Å²) < 4.78 is 15.5. The highest BCUT2D eigenvalue weighted by Crippen LogP contribution is 2.71. The molecule has 6 saturated carbocycles. The first-order valence-electron chi connectivity index (χ1n) is 32.4. The molecule has 23 nitrogen and oxygen atoms in total. The molecule has 14 atom stereocenters. The van der Waals surface area contributed by atoms with Gasteiger partial charge in [0.25, 0.3) is 17.1 Å². The van der Waals surface area contributed by atoms with Crippen LogP contribution in [-0.4, -0.2) is 142 Å². The van der Waals surface area contributed by atoms with E-state index < -0.39 is 86.1 Å². The summed E-state index contributed by atoms with van der Waals surface area (Å²) in [6.45, 7) is 11.2. The number of thioether (sulfide) groups is 1. The quantitative estimate of drug-likeness (QED) is 0.0632. The van der Waals surface area contributed by atoms with Crippen molar-refractivity contribution in [3.63, 3.8) is 0 Å². The number of primary amides is 2. The Hall–Kier alpha value is -7.96. The van der Waals surface area contributed by atoms with Crippen molar-refractivity contribution < 1.29 is 67.9 Å². The number of rotatable bonds is 14. The predicted molar refractivity (Wildman–Crippen MR) is 343 cm³/mol. The van der Waals surface area contributed by atoms with Gasteiger partial charge in [0.05, 0.1) is 60.5 Å². The summed E-state index contributed by atoms with van der Waals surface area (Å²) >= 11 is 0.587. The topological polar surface area (TPSA) is 348 Å². The number of hydrogen-bond acceptors (Lipinski definition) is 16. The second-order valence-corrected chi connectivity index (χ2v) is 29.1. The number of hydrogen-bond donors (Lipinski definition) is 7. The van der Waals surface area contributed by atoms with Crippen LogP contribution in [0.4, 0.5) is 4.79 Å². The third kappa shape index (κ3) is 11.1. The van der Waals surface area contributed by atoms with Gasteiger partial charge in [-0.2, -0.15) is 10.2 Å². The average molecular weight is 1300 g/mol. The number of esters is 2. The highest BCUT2D eigenvalue weighted by atomic mass is 32.2. The van der Waals surface area contributed by atoms with Gasteiger partial charge in [-0.1, -0.05) is 64.8 Å². The lowest BCUT2D eigenvalue weighted by Gasteiger charge is -2.60. The molecule has 2 heterocycles. The fourth-order valence-electron chi connectivity index (χ4n) is 18.7. The maximum Gasteiger partial charge on any atom is 0.348 e. The number of carboxylic acids is 1. The second-order valence-electron chi connectivity index (χ2n) is 28.1. The second kappa shape index (κ2) is 24.7. The van der Waals surface area contributed by atoms with Crippen LogP contribution >= 0.6 is 11.8 Å². The molecule has 9 N–H and O–H groups in total. The maximum absolute atomic E-state index is 14.0. The summed E-state index contributed by atoms with van der Waals surface area (Å²) in [7, 11) is 3.16. The number of nitrogens with zero attached hydrogens (tertiary/aromatic N) is 5. The first-order valence-corrected chi connectivity index (χ1v) is 33.2.